The van der Waals surface area contributed by atoms with E-state index in [1.807, 2.05) is 13.8 Å². The third kappa shape index (κ3) is 4.55. The van der Waals surface area contributed by atoms with Gasteiger partial charge in [0.15, 0.2) is 0 Å². The third-order valence-electron chi connectivity index (χ3n) is 3.14. The molecule has 1 rings (SSSR count). The summed E-state index contributed by atoms with van der Waals surface area (Å²) in [7, 11) is 1.29. The molecule has 110 valence electrons. The molecule has 4 N–H and O–H groups in total. The number of rotatable bonds is 5. The fraction of sp³-hybridized carbons (Fsp3) is 0.429. The molecule has 0 aliphatic carbocycles. The maximum absolute atomic E-state index is 11.9. The van der Waals surface area contributed by atoms with Crippen molar-refractivity contribution in [3.63, 3.8) is 0 Å². The first-order chi connectivity index (χ1) is 9.47. The van der Waals surface area contributed by atoms with Crippen LogP contribution >= 0.6 is 0 Å². The van der Waals surface area contributed by atoms with Crippen molar-refractivity contribution < 1.29 is 14.3 Å². The van der Waals surface area contributed by atoms with Crippen molar-refractivity contribution in [2.75, 3.05) is 17.7 Å². The van der Waals surface area contributed by atoms with E-state index in [4.69, 9.17) is 5.73 Å². The number of hydrogen-bond acceptors (Lipinski definition) is 4. The summed E-state index contributed by atoms with van der Waals surface area (Å²) in [5, 5.41) is 5.27. The number of ether oxygens (including phenoxy) is 1. The number of benzene rings is 1. The fourth-order valence-corrected chi connectivity index (χ4v) is 1.54. The highest BCUT2D eigenvalue weighted by Gasteiger charge is 2.19. The Labute approximate surface area is 118 Å². The number of carbonyl (C=O) groups is 2. The van der Waals surface area contributed by atoms with Crippen molar-refractivity contribution in [2.45, 2.75) is 26.3 Å². The summed E-state index contributed by atoms with van der Waals surface area (Å²) in [6, 6.07) is 6.18. The second kappa shape index (κ2) is 7.49. The van der Waals surface area contributed by atoms with E-state index in [9.17, 15) is 9.59 Å². The van der Waals surface area contributed by atoms with Gasteiger partial charge < -0.3 is 15.8 Å². The molecule has 6 nitrogen and oxygen atoms in total. The molecule has 0 aromatic heterocycles. The molecule has 0 radical (unpaired) electrons. The Morgan fingerprint density at radius 3 is 2.15 bits per heavy atom. The smallest absolute Gasteiger partial charge is 0.411 e. The summed E-state index contributed by atoms with van der Waals surface area (Å²) in [4.78, 5) is 22.9. The molecule has 6 heteroatoms. The maximum atomic E-state index is 11.9. The molecule has 1 aromatic rings. The summed E-state index contributed by atoms with van der Waals surface area (Å²) in [6.07, 6.45) is 0.303. The Balaban J connectivity index is 2.61. The van der Waals surface area contributed by atoms with Crippen LogP contribution in [-0.2, 0) is 9.53 Å². The lowest BCUT2D eigenvalue weighted by atomic mass is 9.99. The molecule has 0 aliphatic heterocycles. The lowest BCUT2D eigenvalue weighted by Gasteiger charge is -2.17. The molecule has 0 aliphatic rings. The standard InChI is InChI=1S/C14H21N3O3/c1-4-9(2)12(15)13(18)16-10-5-7-11(8-6-10)17-14(19)20-3/h5-9,12H,4,15H2,1-3H3,(H,16,18)(H,17,19)/t9-,12-/m0/s1. The van der Waals surface area contributed by atoms with Crippen LogP contribution in [0.3, 0.4) is 0 Å². The lowest BCUT2D eigenvalue weighted by Crippen LogP contribution is -2.40. The first kappa shape index (κ1) is 16.0. The second-order valence-electron chi connectivity index (χ2n) is 4.59. The number of nitrogens with two attached hydrogens (primary N) is 1. The van der Waals surface area contributed by atoms with Gasteiger partial charge in [0, 0.05) is 11.4 Å². The highest BCUT2D eigenvalue weighted by atomic mass is 16.5. The van der Waals surface area contributed by atoms with E-state index in [2.05, 4.69) is 15.4 Å². The number of nitrogens with one attached hydrogen (secondary N) is 2. The SMILES string of the molecule is CC[C@H](C)[C@H](N)C(=O)Nc1ccc(NC(=O)OC)cc1. The summed E-state index contributed by atoms with van der Waals surface area (Å²) in [5.74, 6) is -0.0942. The fourth-order valence-electron chi connectivity index (χ4n) is 1.54. The van der Waals surface area contributed by atoms with Crippen LogP contribution in [0.4, 0.5) is 16.2 Å². The van der Waals surface area contributed by atoms with Crippen molar-refractivity contribution in [1.29, 1.82) is 0 Å². The van der Waals surface area contributed by atoms with Crippen molar-refractivity contribution >= 4 is 23.4 Å². The van der Waals surface area contributed by atoms with Gasteiger partial charge in [0.05, 0.1) is 13.2 Å². The molecule has 0 saturated carbocycles. The van der Waals surface area contributed by atoms with Crippen LogP contribution in [0.5, 0.6) is 0 Å². The summed E-state index contributed by atoms with van der Waals surface area (Å²) < 4.78 is 4.48. The van der Waals surface area contributed by atoms with Gasteiger partial charge in [-0.3, -0.25) is 10.1 Å². The van der Waals surface area contributed by atoms with Gasteiger partial charge >= 0.3 is 6.09 Å². The van der Waals surface area contributed by atoms with Gasteiger partial charge in [-0.05, 0) is 30.2 Å². The van der Waals surface area contributed by atoms with Crippen LogP contribution in [0.25, 0.3) is 0 Å². The van der Waals surface area contributed by atoms with E-state index in [1.165, 1.54) is 7.11 Å². The zero-order valence-corrected chi connectivity index (χ0v) is 12.0. The van der Waals surface area contributed by atoms with E-state index in [-0.39, 0.29) is 11.8 Å². The minimum Gasteiger partial charge on any atom is -0.453 e. The number of carbonyl (C=O) groups excluding carboxylic acids is 2. The highest BCUT2D eigenvalue weighted by Crippen LogP contribution is 2.15. The van der Waals surface area contributed by atoms with Crippen LogP contribution in [0, 0.1) is 5.92 Å². The molecule has 0 heterocycles. The Morgan fingerprint density at radius 2 is 1.70 bits per heavy atom. The van der Waals surface area contributed by atoms with Gasteiger partial charge in [0.25, 0.3) is 0 Å². The summed E-state index contributed by atoms with van der Waals surface area (Å²) in [5.41, 5.74) is 7.06. The van der Waals surface area contributed by atoms with E-state index >= 15 is 0 Å². The van der Waals surface area contributed by atoms with Crippen LogP contribution in [0.1, 0.15) is 20.3 Å². The van der Waals surface area contributed by atoms with Crippen LogP contribution in [0.2, 0.25) is 0 Å². The number of amides is 2. The topological polar surface area (TPSA) is 93.5 Å². The quantitative estimate of drug-likeness (QED) is 0.770. The lowest BCUT2D eigenvalue weighted by molar-refractivity contribution is -0.118. The second-order valence-corrected chi connectivity index (χ2v) is 4.59. The molecular formula is C14H21N3O3. The average Bonchev–Trinajstić information content (AvgIpc) is 2.47. The van der Waals surface area contributed by atoms with Gasteiger partial charge in [-0.15, -0.1) is 0 Å². The molecule has 0 bridgehead atoms. The summed E-state index contributed by atoms with van der Waals surface area (Å²) in [6.45, 7) is 3.93. The van der Waals surface area contributed by atoms with Gasteiger partial charge in [0.2, 0.25) is 5.91 Å². The van der Waals surface area contributed by atoms with E-state index in [0.29, 0.717) is 11.4 Å². The van der Waals surface area contributed by atoms with Gasteiger partial charge in [-0.2, -0.15) is 0 Å². The van der Waals surface area contributed by atoms with Crippen LogP contribution < -0.4 is 16.4 Å². The normalized spacial score (nSPS) is 13.2. The highest BCUT2D eigenvalue weighted by molar-refractivity contribution is 5.95. The predicted octanol–water partition coefficient (Wildman–Crippen LogP) is 2.18. The first-order valence-electron chi connectivity index (χ1n) is 6.49. The zero-order valence-electron chi connectivity index (χ0n) is 12.0. The van der Waals surface area contributed by atoms with Crippen molar-refractivity contribution in [2.24, 2.45) is 11.7 Å². The largest absolute Gasteiger partial charge is 0.453 e. The summed E-state index contributed by atoms with van der Waals surface area (Å²) >= 11 is 0. The monoisotopic (exact) mass is 279 g/mol. The third-order valence-corrected chi connectivity index (χ3v) is 3.14. The van der Waals surface area contributed by atoms with E-state index in [1.54, 1.807) is 24.3 Å². The van der Waals surface area contributed by atoms with Crippen LogP contribution in [0.15, 0.2) is 24.3 Å². The number of methoxy groups -OCH3 is 1. The number of hydrogen-bond donors (Lipinski definition) is 3. The molecule has 0 fully saturated rings. The molecular weight excluding hydrogens is 258 g/mol. The number of anilines is 2. The Hall–Kier alpha value is -2.08. The van der Waals surface area contributed by atoms with Crippen molar-refractivity contribution in [3.05, 3.63) is 24.3 Å². The Kier molecular flexibility index (Phi) is 5.99. The minimum absolute atomic E-state index is 0.121. The predicted molar refractivity (Wildman–Crippen MR) is 78.5 cm³/mol. The van der Waals surface area contributed by atoms with Gasteiger partial charge in [-0.1, -0.05) is 20.3 Å². The molecule has 1 aromatic carbocycles. The molecule has 0 unspecified atom stereocenters. The molecule has 2 atom stereocenters. The Morgan fingerprint density at radius 1 is 1.20 bits per heavy atom. The van der Waals surface area contributed by atoms with E-state index < -0.39 is 12.1 Å². The Bertz CT molecular complexity index is 459. The van der Waals surface area contributed by atoms with E-state index in [0.717, 1.165) is 6.42 Å². The van der Waals surface area contributed by atoms with Crippen molar-refractivity contribution in [3.8, 4) is 0 Å². The zero-order chi connectivity index (χ0) is 15.1. The first-order valence-corrected chi connectivity index (χ1v) is 6.49. The molecule has 20 heavy (non-hydrogen) atoms. The van der Waals surface area contributed by atoms with Crippen molar-refractivity contribution in [1.82, 2.24) is 0 Å². The molecule has 0 saturated heterocycles. The maximum Gasteiger partial charge on any atom is 0.411 e. The minimum atomic E-state index is -0.541. The average molecular weight is 279 g/mol. The van der Waals surface area contributed by atoms with Gasteiger partial charge in [0.1, 0.15) is 0 Å². The van der Waals surface area contributed by atoms with Crippen LogP contribution in [-0.4, -0.2) is 25.2 Å². The van der Waals surface area contributed by atoms with Gasteiger partial charge in [-0.25, -0.2) is 4.79 Å². The molecule has 2 amide bonds. The molecule has 0 spiro atoms.